The highest BCUT2D eigenvalue weighted by atomic mass is 35.5. The molecule has 3 heteroatoms. The average Bonchev–Trinajstić information content (AvgIpc) is 2.33. The molecule has 0 atom stereocenters. The quantitative estimate of drug-likeness (QED) is 0.719. The largest absolute Gasteiger partial charge is 0.289 e. The molecule has 2 aromatic carbocycles. The third-order valence-electron chi connectivity index (χ3n) is 2.88. The van der Waals surface area contributed by atoms with Crippen molar-refractivity contribution in [2.75, 3.05) is 0 Å². The first kappa shape index (κ1) is 13.1. The highest BCUT2D eigenvalue weighted by Gasteiger charge is 2.15. The lowest BCUT2D eigenvalue weighted by molar-refractivity contribution is 0.103. The highest BCUT2D eigenvalue weighted by Crippen LogP contribution is 2.27. The van der Waals surface area contributed by atoms with Crippen LogP contribution in [0.3, 0.4) is 0 Å². The number of hydrogen-bond donors (Lipinski definition) is 0. The maximum atomic E-state index is 12.4. The van der Waals surface area contributed by atoms with Crippen molar-refractivity contribution < 1.29 is 4.79 Å². The average molecular weight is 279 g/mol. The van der Waals surface area contributed by atoms with E-state index in [-0.39, 0.29) is 5.78 Å². The molecule has 1 nitrogen and oxygen atoms in total. The van der Waals surface area contributed by atoms with Gasteiger partial charge in [0.1, 0.15) is 0 Å². The van der Waals surface area contributed by atoms with Gasteiger partial charge in [-0.1, -0.05) is 47.5 Å². The van der Waals surface area contributed by atoms with E-state index in [2.05, 4.69) is 0 Å². The van der Waals surface area contributed by atoms with Crippen LogP contribution >= 0.6 is 23.2 Å². The molecule has 0 fully saturated rings. The fourth-order valence-electron chi connectivity index (χ4n) is 1.80. The van der Waals surface area contributed by atoms with Crippen LogP contribution in [0.25, 0.3) is 0 Å². The molecule has 0 aliphatic rings. The lowest BCUT2D eigenvalue weighted by Gasteiger charge is -2.08. The molecule has 0 radical (unpaired) electrons. The molecule has 0 bridgehead atoms. The molecule has 0 saturated heterocycles. The Balaban J connectivity index is 2.53. The summed E-state index contributed by atoms with van der Waals surface area (Å²) >= 11 is 12.1. The Hall–Kier alpha value is -1.31. The molecule has 0 aromatic heterocycles. The lowest BCUT2D eigenvalue weighted by Crippen LogP contribution is -2.05. The van der Waals surface area contributed by atoms with Gasteiger partial charge in [-0.15, -0.1) is 0 Å². The monoisotopic (exact) mass is 278 g/mol. The number of aryl methyl sites for hydroxylation is 2. The van der Waals surface area contributed by atoms with Gasteiger partial charge in [0, 0.05) is 16.1 Å². The van der Waals surface area contributed by atoms with Gasteiger partial charge < -0.3 is 0 Å². The smallest absolute Gasteiger partial charge is 0.194 e. The van der Waals surface area contributed by atoms with Crippen molar-refractivity contribution in [1.29, 1.82) is 0 Å². The Morgan fingerprint density at radius 1 is 0.889 bits per heavy atom. The van der Waals surface area contributed by atoms with Crippen molar-refractivity contribution in [3.05, 3.63) is 68.7 Å². The first-order valence-corrected chi connectivity index (χ1v) is 6.32. The van der Waals surface area contributed by atoms with E-state index in [0.717, 1.165) is 11.1 Å². The maximum absolute atomic E-state index is 12.4. The topological polar surface area (TPSA) is 17.1 Å². The lowest BCUT2D eigenvalue weighted by atomic mass is 9.98. The van der Waals surface area contributed by atoms with Gasteiger partial charge in [-0.25, -0.2) is 0 Å². The molecule has 0 heterocycles. The standard InChI is InChI=1S/C15H12Cl2O/c1-9-5-3-4-6-11(9)15(18)12-7-10(2)13(16)8-14(12)17/h3-8H,1-2H3. The first-order chi connectivity index (χ1) is 8.50. The van der Waals surface area contributed by atoms with E-state index in [9.17, 15) is 4.79 Å². The van der Waals surface area contributed by atoms with E-state index < -0.39 is 0 Å². The van der Waals surface area contributed by atoms with E-state index in [0.29, 0.717) is 21.2 Å². The number of carbonyl (C=O) groups excluding carboxylic acids is 1. The van der Waals surface area contributed by atoms with Crippen LogP contribution in [0.2, 0.25) is 10.0 Å². The van der Waals surface area contributed by atoms with E-state index >= 15 is 0 Å². The molecule has 18 heavy (non-hydrogen) atoms. The van der Waals surface area contributed by atoms with E-state index in [1.54, 1.807) is 18.2 Å². The Labute approximate surface area is 116 Å². The van der Waals surface area contributed by atoms with Gasteiger partial charge in [0.05, 0.1) is 5.02 Å². The van der Waals surface area contributed by atoms with Crippen LogP contribution in [0.15, 0.2) is 36.4 Å². The zero-order valence-electron chi connectivity index (χ0n) is 10.1. The summed E-state index contributed by atoms with van der Waals surface area (Å²) in [4.78, 5) is 12.4. The summed E-state index contributed by atoms with van der Waals surface area (Å²) in [6.07, 6.45) is 0. The maximum Gasteiger partial charge on any atom is 0.194 e. The SMILES string of the molecule is Cc1cc(C(=O)c2ccccc2C)c(Cl)cc1Cl. The third-order valence-corrected chi connectivity index (χ3v) is 3.60. The molecule has 2 rings (SSSR count). The Morgan fingerprint density at radius 2 is 1.56 bits per heavy atom. The fourth-order valence-corrected chi connectivity index (χ4v) is 2.27. The summed E-state index contributed by atoms with van der Waals surface area (Å²) in [5.41, 5.74) is 2.94. The zero-order chi connectivity index (χ0) is 13.3. The summed E-state index contributed by atoms with van der Waals surface area (Å²) in [5, 5.41) is 0.959. The summed E-state index contributed by atoms with van der Waals surface area (Å²) in [6, 6.07) is 10.8. The number of benzene rings is 2. The molecule has 92 valence electrons. The minimum atomic E-state index is -0.0714. The fraction of sp³-hybridized carbons (Fsp3) is 0.133. The van der Waals surface area contributed by atoms with Crippen molar-refractivity contribution in [1.82, 2.24) is 0 Å². The molecule has 0 saturated carbocycles. The van der Waals surface area contributed by atoms with Gasteiger partial charge in [0.2, 0.25) is 0 Å². The number of rotatable bonds is 2. The Morgan fingerprint density at radius 3 is 2.22 bits per heavy atom. The van der Waals surface area contributed by atoms with Crippen molar-refractivity contribution in [3.8, 4) is 0 Å². The number of ketones is 1. The van der Waals surface area contributed by atoms with Gasteiger partial charge in [0.25, 0.3) is 0 Å². The first-order valence-electron chi connectivity index (χ1n) is 5.56. The Kier molecular flexibility index (Phi) is 3.74. The summed E-state index contributed by atoms with van der Waals surface area (Å²) in [6.45, 7) is 3.76. The molecule has 0 N–H and O–H groups in total. The second-order valence-corrected chi connectivity index (χ2v) is 5.04. The van der Waals surface area contributed by atoms with Crippen molar-refractivity contribution in [3.63, 3.8) is 0 Å². The predicted octanol–water partition coefficient (Wildman–Crippen LogP) is 4.84. The number of carbonyl (C=O) groups is 1. The van der Waals surface area contributed by atoms with Gasteiger partial charge >= 0.3 is 0 Å². The van der Waals surface area contributed by atoms with Gasteiger partial charge in [-0.05, 0) is 37.1 Å². The van der Waals surface area contributed by atoms with Crippen LogP contribution in [-0.4, -0.2) is 5.78 Å². The van der Waals surface area contributed by atoms with Crippen LogP contribution in [0.1, 0.15) is 27.0 Å². The van der Waals surface area contributed by atoms with Crippen molar-refractivity contribution in [2.24, 2.45) is 0 Å². The van der Waals surface area contributed by atoms with Crippen LogP contribution in [0.4, 0.5) is 0 Å². The molecule has 0 unspecified atom stereocenters. The molecule has 0 amide bonds. The van der Waals surface area contributed by atoms with Gasteiger partial charge in [-0.3, -0.25) is 4.79 Å². The van der Waals surface area contributed by atoms with Crippen molar-refractivity contribution >= 4 is 29.0 Å². The van der Waals surface area contributed by atoms with E-state index in [4.69, 9.17) is 23.2 Å². The molecule has 0 aliphatic heterocycles. The molecule has 0 aliphatic carbocycles. The normalized spacial score (nSPS) is 10.4. The summed E-state index contributed by atoms with van der Waals surface area (Å²) in [5.74, 6) is -0.0714. The van der Waals surface area contributed by atoms with Crippen molar-refractivity contribution in [2.45, 2.75) is 13.8 Å². The Bertz CT molecular complexity index is 618. The summed E-state index contributed by atoms with van der Waals surface area (Å²) < 4.78 is 0. The van der Waals surface area contributed by atoms with Crippen LogP contribution in [-0.2, 0) is 0 Å². The third kappa shape index (κ3) is 2.43. The van der Waals surface area contributed by atoms with Gasteiger partial charge in [-0.2, -0.15) is 0 Å². The second-order valence-electron chi connectivity index (χ2n) is 4.23. The van der Waals surface area contributed by atoms with Crippen LogP contribution in [0.5, 0.6) is 0 Å². The summed E-state index contributed by atoms with van der Waals surface area (Å²) in [7, 11) is 0. The number of hydrogen-bond acceptors (Lipinski definition) is 1. The molecule has 0 spiro atoms. The second kappa shape index (κ2) is 5.13. The zero-order valence-corrected chi connectivity index (χ0v) is 11.6. The molecule has 2 aromatic rings. The molecular weight excluding hydrogens is 267 g/mol. The minimum absolute atomic E-state index is 0.0714. The van der Waals surface area contributed by atoms with Gasteiger partial charge in [0.15, 0.2) is 5.78 Å². The van der Waals surface area contributed by atoms with E-state index in [1.165, 1.54) is 0 Å². The molecular formula is C15H12Cl2O. The predicted molar refractivity (Wildman–Crippen MR) is 75.8 cm³/mol. The van der Waals surface area contributed by atoms with Crippen LogP contribution in [0, 0.1) is 13.8 Å². The van der Waals surface area contributed by atoms with E-state index in [1.807, 2.05) is 32.0 Å². The highest BCUT2D eigenvalue weighted by molar-refractivity contribution is 6.38. The number of halogens is 2. The minimum Gasteiger partial charge on any atom is -0.289 e. The van der Waals surface area contributed by atoms with Crippen LogP contribution < -0.4 is 0 Å².